The number of carbonyl (C=O) groups is 1. The van der Waals surface area contributed by atoms with Gasteiger partial charge in [-0.3, -0.25) is 9.36 Å². The lowest BCUT2D eigenvalue weighted by Crippen LogP contribution is -2.39. The maximum atomic E-state index is 13.5. The van der Waals surface area contributed by atoms with E-state index in [1.807, 2.05) is 36.4 Å². The molecule has 0 spiro atoms. The number of thiazole rings is 1. The molecule has 1 aromatic heterocycles. The second-order valence-electron chi connectivity index (χ2n) is 7.34. The summed E-state index contributed by atoms with van der Waals surface area (Å²) in [5.41, 5.74) is 2.06. The fourth-order valence-electron chi connectivity index (χ4n) is 3.80. The summed E-state index contributed by atoms with van der Waals surface area (Å²) in [6.45, 7) is 1.64. The predicted octanol–water partition coefficient (Wildman–Crippen LogP) is 2.32. The van der Waals surface area contributed by atoms with Gasteiger partial charge in [0.1, 0.15) is 6.07 Å². The van der Waals surface area contributed by atoms with Gasteiger partial charge in [-0.15, -0.1) is 0 Å². The Morgan fingerprint density at radius 2 is 1.97 bits per heavy atom. The van der Waals surface area contributed by atoms with Crippen molar-refractivity contribution in [2.75, 3.05) is 20.8 Å². The first-order valence-corrected chi connectivity index (χ1v) is 11.1. The van der Waals surface area contributed by atoms with Gasteiger partial charge in [0.05, 0.1) is 36.1 Å². The molecule has 0 aliphatic carbocycles. The first kappa shape index (κ1) is 23.0. The van der Waals surface area contributed by atoms with E-state index in [-0.39, 0.29) is 12.2 Å². The fraction of sp³-hybridized carbons (Fsp3) is 0.200. The molecule has 0 saturated heterocycles. The van der Waals surface area contributed by atoms with Crippen LogP contribution in [0.3, 0.4) is 0 Å². The van der Waals surface area contributed by atoms with Crippen LogP contribution in [-0.2, 0) is 9.53 Å². The number of benzene rings is 2. The summed E-state index contributed by atoms with van der Waals surface area (Å²) in [5, 5.41) is 8.74. The van der Waals surface area contributed by atoms with Gasteiger partial charge in [0.25, 0.3) is 5.56 Å². The highest BCUT2D eigenvalue weighted by atomic mass is 32.1. The summed E-state index contributed by atoms with van der Waals surface area (Å²) in [5.74, 6) is 0.356. The molecule has 0 saturated carbocycles. The van der Waals surface area contributed by atoms with Crippen LogP contribution in [0.4, 0.5) is 0 Å². The van der Waals surface area contributed by atoms with Gasteiger partial charge in [0.15, 0.2) is 22.9 Å². The SMILES string of the molecule is COC(=O)C1=C(C)N=c2s/c(=C\c3ccc(OCC#N)c(OC)c3)c(=O)n2[C@@H]1c1ccccc1. The van der Waals surface area contributed by atoms with E-state index in [9.17, 15) is 9.59 Å². The van der Waals surface area contributed by atoms with Crippen molar-refractivity contribution < 1.29 is 19.0 Å². The average molecular weight is 476 g/mol. The standard InChI is InChI=1S/C25H21N3O5S/c1-15-21(24(30)32-3)22(17-7-5-4-6-8-17)28-23(29)20(34-25(28)27-15)14-16-9-10-18(33-12-11-26)19(13-16)31-2/h4-10,13-14,22H,12H2,1-3H3/b20-14-/t22-/m1/s1. The van der Waals surface area contributed by atoms with Gasteiger partial charge in [-0.2, -0.15) is 5.26 Å². The van der Waals surface area contributed by atoms with Gasteiger partial charge in [-0.1, -0.05) is 47.7 Å². The summed E-state index contributed by atoms with van der Waals surface area (Å²) in [6.07, 6.45) is 1.74. The lowest BCUT2D eigenvalue weighted by molar-refractivity contribution is -0.136. The van der Waals surface area contributed by atoms with Gasteiger partial charge in [-0.05, 0) is 36.3 Å². The molecule has 0 radical (unpaired) electrons. The van der Waals surface area contributed by atoms with Crippen molar-refractivity contribution in [3.8, 4) is 17.6 Å². The van der Waals surface area contributed by atoms with Gasteiger partial charge in [-0.25, -0.2) is 9.79 Å². The van der Waals surface area contributed by atoms with Crippen molar-refractivity contribution in [3.63, 3.8) is 0 Å². The van der Waals surface area contributed by atoms with Crippen LogP contribution in [0.1, 0.15) is 24.1 Å². The molecule has 2 heterocycles. The highest BCUT2D eigenvalue weighted by Crippen LogP contribution is 2.31. The molecule has 1 aliphatic heterocycles. The second kappa shape index (κ2) is 9.77. The summed E-state index contributed by atoms with van der Waals surface area (Å²) in [6, 6.07) is 15.8. The van der Waals surface area contributed by atoms with E-state index in [0.717, 1.165) is 5.56 Å². The molecule has 0 fully saturated rings. The molecule has 2 aromatic carbocycles. The maximum Gasteiger partial charge on any atom is 0.338 e. The number of hydrogen-bond donors (Lipinski definition) is 0. The van der Waals surface area contributed by atoms with E-state index in [1.54, 1.807) is 31.2 Å². The third kappa shape index (κ3) is 4.23. The van der Waals surface area contributed by atoms with Crippen molar-refractivity contribution in [2.45, 2.75) is 13.0 Å². The minimum absolute atomic E-state index is 0.102. The molecule has 0 amide bonds. The molecule has 1 aliphatic rings. The van der Waals surface area contributed by atoms with Crippen molar-refractivity contribution in [3.05, 3.63) is 90.6 Å². The van der Waals surface area contributed by atoms with Crippen molar-refractivity contribution in [1.82, 2.24) is 4.57 Å². The van der Waals surface area contributed by atoms with Crippen LogP contribution in [0.25, 0.3) is 6.08 Å². The molecule has 8 nitrogen and oxygen atoms in total. The van der Waals surface area contributed by atoms with Crippen LogP contribution < -0.4 is 24.4 Å². The average Bonchev–Trinajstić information content (AvgIpc) is 3.16. The van der Waals surface area contributed by atoms with Gasteiger partial charge in [0.2, 0.25) is 0 Å². The topological polar surface area (TPSA) is 103 Å². The molecular weight excluding hydrogens is 454 g/mol. The molecule has 0 unspecified atom stereocenters. The summed E-state index contributed by atoms with van der Waals surface area (Å²) in [4.78, 5) is 31.2. The van der Waals surface area contributed by atoms with Crippen LogP contribution in [0, 0.1) is 11.3 Å². The predicted molar refractivity (Wildman–Crippen MR) is 126 cm³/mol. The van der Waals surface area contributed by atoms with Crippen molar-refractivity contribution in [2.24, 2.45) is 4.99 Å². The number of nitrogens with zero attached hydrogens (tertiary/aromatic N) is 3. The Kier molecular flexibility index (Phi) is 6.61. The third-order valence-electron chi connectivity index (χ3n) is 5.32. The fourth-order valence-corrected chi connectivity index (χ4v) is 4.84. The number of fused-ring (bicyclic) bond motifs is 1. The Bertz CT molecular complexity index is 1500. The van der Waals surface area contributed by atoms with E-state index in [4.69, 9.17) is 19.5 Å². The number of rotatable bonds is 6. The van der Waals surface area contributed by atoms with E-state index in [1.165, 1.54) is 30.1 Å². The monoisotopic (exact) mass is 475 g/mol. The zero-order chi connectivity index (χ0) is 24.2. The Morgan fingerprint density at radius 3 is 2.65 bits per heavy atom. The van der Waals surface area contributed by atoms with Gasteiger partial charge in [0, 0.05) is 0 Å². The van der Waals surface area contributed by atoms with Crippen LogP contribution in [-0.4, -0.2) is 31.4 Å². The molecule has 0 N–H and O–H groups in total. The zero-order valence-corrected chi connectivity index (χ0v) is 19.6. The number of nitriles is 1. The number of esters is 1. The summed E-state index contributed by atoms with van der Waals surface area (Å²) in [7, 11) is 2.82. The van der Waals surface area contributed by atoms with E-state index >= 15 is 0 Å². The number of carbonyl (C=O) groups excluding carboxylic acids is 1. The smallest absolute Gasteiger partial charge is 0.338 e. The summed E-state index contributed by atoms with van der Waals surface area (Å²) >= 11 is 1.24. The van der Waals surface area contributed by atoms with E-state index < -0.39 is 12.0 Å². The van der Waals surface area contributed by atoms with Crippen molar-refractivity contribution >= 4 is 23.4 Å². The van der Waals surface area contributed by atoms with Crippen LogP contribution in [0.5, 0.6) is 11.5 Å². The minimum Gasteiger partial charge on any atom is -0.493 e. The van der Waals surface area contributed by atoms with E-state index in [2.05, 4.69) is 4.99 Å². The first-order chi connectivity index (χ1) is 16.5. The van der Waals surface area contributed by atoms with Crippen molar-refractivity contribution in [1.29, 1.82) is 5.26 Å². The third-order valence-corrected chi connectivity index (χ3v) is 6.30. The molecule has 172 valence electrons. The molecule has 0 bridgehead atoms. The normalized spacial score (nSPS) is 15.2. The quantitative estimate of drug-likeness (QED) is 0.507. The van der Waals surface area contributed by atoms with Gasteiger partial charge >= 0.3 is 5.97 Å². The van der Waals surface area contributed by atoms with Crippen LogP contribution in [0.15, 0.2) is 69.6 Å². The molecule has 9 heteroatoms. The van der Waals surface area contributed by atoms with Crippen LogP contribution in [0.2, 0.25) is 0 Å². The lowest BCUT2D eigenvalue weighted by atomic mass is 9.96. The zero-order valence-electron chi connectivity index (χ0n) is 18.8. The van der Waals surface area contributed by atoms with Crippen LogP contribution >= 0.6 is 11.3 Å². The minimum atomic E-state index is -0.650. The molecular formula is C25H21N3O5S. The maximum absolute atomic E-state index is 13.5. The lowest BCUT2D eigenvalue weighted by Gasteiger charge is -2.24. The Hall–Kier alpha value is -4.16. The van der Waals surface area contributed by atoms with Gasteiger partial charge < -0.3 is 14.2 Å². The number of hydrogen-bond acceptors (Lipinski definition) is 8. The number of aromatic nitrogens is 1. The highest BCUT2D eigenvalue weighted by Gasteiger charge is 2.32. The molecule has 1 atom stereocenters. The first-order valence-electron chi connectivity index (χ1n) is 10.3. The number of allylic oxidation sites excluding steroid dienone is 1. The summed E-state index contributed by atoms with van der Waals surface area (Å²) < 4.78 is 17.7. The second-order valence-corrected chi connectivity index (χ2v) is 8.35. The molecule has 34 heavy (non-hydrogen) atoms. The Morgan fingerprint density at radius 1 is 1.21 bits per heavy atom. The molecule has 3 aromatic rings. The number of ether oxygens (including phenoxy) is 3. The number of methoxy groups -OCH3 is 2. The Balaban J connectivity index is 1.87. The highest BCUT2D eigenvalue weighted by molar-refractivity contribution is 7.07. The van der Waals surface area contributed by atoms with E-state index in [0.29, 0.717) is 37.7 Å². The Labute approximate surface area is 199 Å². The molecule has 4 rings (SSSR count). The largest absolute Gasteiger partial charge is 0.493 e.